The first-order chi connectivity index (χ1) is 9.63. The van der Waals surface area contributed by atoms with E-state index in [4.69, 9.17) is 10.5 Å². The summed E-state index contributed by atoms with van der Waals surface area (Å²) in [5.74, 6) is 1.26. The molecule has 2 atom stereocenters. The average molecular weight is 276 g/mol. The minimum atomic E-state index is -0.0370. The molecule has 4 nitrogen and oxygen atoms in total. The molecule has 3 N–H and O–H groups in total. The minimum Gasteiger partial charge on any atom is -0.495 e. The van der Waals surface area contributed by atoms with E-state index in [0.29, 0.717) is 23.0 Å². The zero-order chi connectivity index (χ0) is 14.5. The summed E-state index contributed by atoms with van der Waals surface area (Å²) in [5.41, 5.74) is 6.92. The number of nitrogens with one attached hydrogen (secondary N) is 1. The van der Waals surface area contributed by atoms with Crippen molar-refractivity contribution in [3.8, 4) is 5.75 Å². The SMILES string of the molecule is CCC1CCCC(NC(=O)c2ccc(N)c(OC)c2)C1. The van der Waals surface area contributed by atoms with Gasteiger partial charge in [-0.05, 0) is 37.0 Å². The van der Waals surface area contributed by atoms with Gasteiger partial charge in [0.1, 0.15) is 5.75 Å². The molecule has 2 unspecified atom stereocenters. The van der Waals surface area contributed by atoms with Crippen LogP contribution in [0.25, 0.3) is 0 Å². The lowest BCUT2D eigenvalue weighted by Crippen LogP contribution is -2.38. The van der Waals surface area contributed by atoms with Gasteiger partial charge in [-0.15, -0.1) is 0 Å². The van der Waals surface area contributed by atoms with Gasteiger partial charge >= 0.3 is 0 Å². The van der Waals surface area contributed by atoms with Gasteiger partial charge in [-0.2, -0.15) is 0 Å². The summed E-state index contributed by atoms with van der Waals surface area (Å²) in [7, 11) is 1.56. The van der Waals surface area contributed by atoms with Crippen molar-refractivity contribution in [1.29, 1.82) is 0 Å². The third kappa shape index (κ3) is 3.44. The number of anilines is 1. The number of carbonyl (C=O) groups excluding carboxylic acids is 1. The molecule has 1 aliphatic carbocycles. The van der Waals surface area contributed by atoms with Crippen LogP contribution in [0, 0.1) is 5.92 Å². The Hall–Kier alpha value is -1.71. The lowest BCUT2D eigenvalue weighted by Gasteiger charge is -2.29. The van der Waals surface area contributed by atoms with E-state index in [0.717, 1.165) is 18.8 Å². The normalized spacial score (nSPS) is 22.3. The maximum absolute atomic E-state index is 12.3. The van der Waals surface area contributed by atoms with Gasteiger partial charge in [0, 0.05) is 11.6 Å². The Morgan fingerprint density at radius 1 is 1.45 bits per heavy atom. The quantitative estimate of drug-likeness (QED) is 0.831. The van der Waals surface area contributed by atoms with Crippen LogP contribution in [0.3, 0.4) is 0 Å². The molecule has 0 saturated heterocycles. The number of benzene rings is 1. The predicted molar refractivity (Wildman–Crippen MR) is 80.9 cm³/mol. The smallest absolute Gasteiger partial charge is 0.251 e. The van der Waals surface area contributed by atoms with Crippen LogP contribution in [0.2, 0.25) is 0 Å². The lowest BCUT2D eigenvalue weighted by atomic mass is 9.84. The standard InChI is InChI=1S/C16H24N2O2/c1-3-11-5-4-6-13(9-11)18-16(19)12-7-8-14(17)15(10-12)20-2/h7-8,10-11,13H,3-6,9,17H2,1-2H3,(H,18,19). The van der Waals surface area contributed by atoms with E-state index in [1.54, 1.807) is 25.3 Å². The van der Waals surface area contributed by atoms with E-state index >= 15 is 0 Å². The molecular formula is C16H24N2O2. The maximum atomic E-state index is 12.3. The van der Waals surface area contributed by atoms with Crippen LogP contribution in [0.1, 0.15) is 49.4 Å². The highest BCUT2D eigenvalue weighted by Crippen LogP contribution is 2.27. The molecule has 1 saturated carbocycles. The highest BCUT2D eigenvalue weighted by atomic mass is 16.5. The van der Waals surface area contributed by atoms with Crippen LogP contribution in [-0.2, 0) is 0 Å². The lowest BCUT2D eigenvalue weighted by molar-refractivity contribution is 0.0919. The number of rotatable bonds is 4. The maximum Gasteiger partial charge on any atom is 0.251 e. The molecule has 20 heavy (non-hydrogen) atoms. The summed E-state index contributed by atoms with van der Waals surface area (Å²) < 4.78 is 5.16. The minimum absolute atomic E-state index is 0.0370. The fourth-order valence-electron chi connectivity index (χ4n) is 2.91. The summed E-state index contributed by atoms with van der Waals surface area (Å²) in [4.78, 5) is 12.3. The molecule has 0 spiro atoms. The Bertz CT molecular complexity index is 474. The molecule has 1 aliphatic rings. The van der Waals surface area contributed by atoms with Crippen LogP contribution >= 0.6 is 0 Å². The summed E-state index contributed by atoms with van der Waals surface area (Å²) in [5, 5.41) is 3.13. The first-order valence-electron chi connectivity index (χ1n) is 7.38. The molecule has 1 aromatic carbocycles. The number of ether oxygens (including phenoxy) is 1. The second-order valence-corrected chi connectivity index (χ2v) is 5.57. The molecule has 0 bridgehead atoms. The van der Waals surface area contributed by atoms with Crippen molar-refractivity contribution in [3.63, 3.8) is 0 Å². The Kier molecular flexibility index (Phi) is 4.88. The van der Waals surface area contributed by atoms with Crippen LogP contribution in [-0.4, -0.2) is 19.1 Å². The van der Waals surface area contributed by atoms with Crippen molar-refractivity contribution >= 4 is 11.6 Å². The van der Waals surface area contributed by atoms with Crippen molar-refractivity contribution in [2.24, 2.45) is 5.92 Å². The van der Waals surface area contributed by atoms with Gasteiger partial charge in [-0.3, -0.25) is 4.79 Å². The summed E-state index contributed by atoms with van der Waals surface area (Å²) in [6, 6.07) is 5.45. The van der Waals surface area contributed by atoms with Crippen LogP contribution in [0.15, 0.2) is 18.2 Å². The van der Waals surface area contributed by atoms with Gasteiger partial charge in [0.25, 0.3) is 5.91 Å². The molecule has 0 aromatic heterocycles. The number of amides is 1. The molecule has 2 rings (SSSR count). The van der Waals surface area contributed by atoms with Crippen molar-refractivity contribution in [3.05, 3.63) is 23.8 Å². The molecule has 0 heterocycles. The molecule has 0 radical (unpaired) electrons. The van der Waals surface area contributed by atoms with Gasteiger partial charge in [0.15, 0.2) is 0 Å². The van der Waals surface area contributed by atoms with Gasteiger partial charge in [-0.1, -0.05) is 26.2 Å². The molecule has 1 amide bonds. The summed E-state index contributed by atoms with van der Waals surface area (Å²) in [6.07, 6.45) is 5.86. The zero-order valence-electron chi connectivity index (χ0n) is 12.3. The second-order valence-electron chi connectivity index (χ2n) is 5.57. The molecule has 4 heteroatoms. The predicted octanol–water partition coefficient (Wildman–Crippen LogP) is 2.98. The number of carbonyl (C=O) groups is 1. The van der Waals surface area contributed by atoms with Gasteiger partial charge < -0.3 is 15.8 Å². The molecular weight excluding hydrogens is 252 g/mol. The first kappa shape index (κ1) is 14.7. The van der Waals surface area contributed by atoms with Crippen molar-refractivity contribution in [2.75, 3.05) is 12.8 Å². The Balaban J connectivity index is 2.01. The van der Waals surface area contributed by atoms with Crippen LogP contribution in [0.5, 0.6) is 5.75 Å². The Morgan fingerprint density at radius 3 is 2.95 bits per heavy atom. The molecule has 110 valence electrons. The molecule has 0 aliphatic heterocycles. The van der Waals surface area contributed by atoms with E-state index < -0.39 is 0 Å². The monoisotopic (exact) mass is 276 g/mol. The van der Waals surface area contributed by atoms with Crippen LogP contribution < -0.4 is 15.8 Å². The summed E-state index contributed by atoms with van der Waals surface area (Å²) >= 11 is 0. The summed E-state index contributed by atoms with van der Waals surface area (Å²) in [6.45, 7) is 2.22. The highest BCUT2D eigenvalue weighted by molar-refractivity contribution is 5.95. The van der Waals surface area contributed by atoms with Crippen molar-refractivity contribution < 1.29 is 9.53 Å². The number of methoxy groups -OCH3 is 1. The number of nitrogens with two attached hydrogens (primary N) is 1. The van der Waals surface area contributed by atoms with E-state index in [1.165, 1.54) is 19.3 Å². The average Bonchev–Trinajstić information content (AvgIpc) is 2.47. The van der Waals surface area contributed by atoms with E-state index in [-0.39, 0.29) is 5.91 Å². The van der Waals surface area contributed by atoms with E-state index in [2.05, 4.69) is 12.2 Å². The fraction of sp³-hybridized carbons (Fsp3) is 0.562. The van der Waals surface area contributed by atoms with E-state index in [9.17, 15) is 4.79 Å². The molecule has 1 fully saturated rings. The van der Waals surface area contributed by atoms with Crippen molar-refractivity contribution in [1.82, 2.24) is 5.32 Å². The Labute approximate surface area is 120 Å². The van der Waals surface area contributed by atoms with Gasteiger partial charge in [0.05, 0.1) is 12.8 Å². The van der Waals surface area contributed by atoms with E-state index in [1.807, 2.05) is 0 Å². The zero-order valence-corrected chi connectivity index (χ0v) is 12.3. The largest absolute Gasteiger partial charge is 0.495 e. The van der Waals surface area contributed by atoms with Gasteiger partial charge in [-0.25, -0.2) is 0 Å². The fourth-order valence-corrected chi connectivity index (χ4v) is 2.91. The number of hydrogen-bond acceptors (Lipinski definition) is 3. The van der Waals surface area contributed by atoms with Gasteiger partial charge in [0.2, 0.25) is 0 Å². The first-order valence-corrected chi connectivity index (χ1v) is 7.38. The third-order valence-electron chi connectivity index (χ3n) is 4.19. The molecule has 1 aromatic rings. The number of nitrogen functional groups attached to an aromatic ring is 1. The van der Waals surface area contributed by atoms with Crippen LogP contribution in [0.4, 0.5) is 5.69 Å². The highest BCUT2D eigenvalue weighted by Gasteiger charge is 2.22. The Morgan fingerprint density at radius 2 is 2.25 bits per heavy atom. The van der Waals surface area contributed by atoms with Crippen molar-refractivity contribution in [2.45, 2.75) is 45.1 Å². The number of hydrogen-bond donors (Lipinski definition) is 2. The third-order valence-corrected chi connectivity index (χ3v) is 4.19. The topological polar surface area (TPSA) is 64.4 Å². The second kappa shape index (κ2) is 6.64.